The molecule has 0 spiro atoms. The van der Waals surface area contributed by atoms with E-state index in [0.29, 0.717) is 13.2 Å². The first-order chi connectivity index (χ1) is 11.0. The van der Waals surface area contributed by atoms with Gasteiger partial charge in [-0.3, -0.25) is 9.69 Å². The molecule has 0 radical (unpaired) electrons. The van der Waals surface area contributed by atoms with Gasteiger partial charge in [0.05, 0.1) is 12.6 Å². The fourth-order valence-corrected chi connectivity index (χ4v) is 2.74. The average molecular weight is 316 g/mol. The molecule has 0 fully saturated rings. The minimum atomic E-state index is -0.1000. The minimum Gasteiger partial charge on any atom is -0.492 e. The molecule has 2 rings (SSSR count). The van der Waals surface area contributed by atoms with Crippen molar-refractivity contribution in [3.8, 4) is 5.75 Å². The van der Waals surface area contributed by atoms with Gasteiger partial charge in [0.25, 0.3) is 0 Å². The Balaban J connectivity index is 1.72. The predicted molar refractivity (Wildman–Crippen MR) is 93.7 cm³/mol. The summed E-state index contributed by atoms with van der Waals surface area (Å²) in [4.78, 5) is 14.5. The van der Waals surface area contributed by atoms with E-state index in [1.165, 1.54) is 16.7 Å². The predicted octanol–water partition coefficient (Wildman–Crippen LogP) is 2.92. The van der Waals surface area contributed by atoms with Crippen LogP contribution in [-0.2, 0) is 4.79 Å². The molecule has 0 saturated carbocycles. The highest BCUT2D eigenvalue weighted by Gasteiger charge is 2.23. The Morgan fingerprint density at radius 3 is 2.78 bits per heavy atom. The summed E-state index contributed by atoms with van der Waals surface area (Å²) in [7, 11) is 0. The van der Waals surface area contributed by atoms with E-state index in [9.17, 15) is 4.79 Å². The number of benzene rings is 1. The number of aryl methyl sites for hydroxylation is 1. The normalized spacial score (nSPS) is 17.0. The summed E-state index contributed by atoms with van der Waals surface area (Å²) in [6.07, 6.45) is 1.06. The Bertz CT molecular complexity index is 580. The second-order valence-electron chi connectivity index (χ2n) is 6.41. The van der Waals surface area contributed by atoms with Gasteiger partial charge in [0.1, 0.15) is 12.4 Å². The molecule has 0 bridgehead atoms. The Hall–Kier alpha value is -1.81. The van der Waals surface area contributed by atoms with Crippen molar-refractivity contribution in [3.63, 3.8) is 0 Å². The number of nitrogens with zero attached hydrogens (tertiary/aromatic N) is 1. The lowest BCUT2D eigenvalue weighted by Gasteiger charge is -2.32. The third-order valence-corrected chi connectivity index (χ3v) is 4.53. The maximum absolute atomic E-state index is 12.3. The number of nitrogens with one attached hydrogen (secondary N) is 1. The van der Waals surface area contributed by atoms with Crippen LogP contribution in [0, 0.1) is 6.92 Å². The van der Waals surface area contributed by atoms with Crippen LogP contribution in [0.2, 0.25) is 0 Å². The molecular formula is C19H28N2O2. The summed E-state index contributed by atoms with van der Waals surface area (Å²) in [5.41, 5.74) is 4.02. The molecule has 23 heavy (non-hydrogen) atoms. The molecule has 1 aromatic rings. The van der Waals surface area contributed by atoms with Crippen LogP contribution in [-0.4, -0.2) is 43.1 Å². The number of rotatable bonds is 6. The van der Waals surface area contributed by atoms with Crippen LogP contribution in [0.3, 0.4) is 0 Å². The zero-order valence-corrected chi connectivity index (χ0v) is 14.7. The first kappa shape index (κ1) is 17.5. The van der Waals surface area contributed by atoms with Gasteiger partial charge >= 0.3 is 0 Å². The van der Waals surface area contributed by atoms with Crippen molar-refractivity contribution in [3.05, 3.63) is 41.0 Å². The fourth-order valence-electron chi connectivity index (χ4n) is 2.74. The van der Waals surface area contributed by atoms with Gasteiger partial charge in [0.2, 0.25) is 5.91 Å². The maximum Gasteiger partial charge on any atom is 0.237 e. The molecule has 1 aromatic carbocycles. The third kappa shape index (κ3) is 5.10. The van der Waals surface area contributed by atoms with Gasteiger partial charge in [0.15, 0.2) is 0 Å². The molecule has 1 aliphatic rings. The molecule has 0 saturated heterocycles. The average Bonchev–Trinajstić information content (AvgIpc) is 2.53. The lowest BCUT2D eigenvalue weighted by Crippen LogP contribution is -2.48. The SMILES string of the molecule is CC1=C(C)CN(C(C)C(=O)NCCOc2cccc(C)c2)CC1. The van der Waals surface area contributed by atoms with Crippen molar-refractivity contribution in [1.29, 1.82) is 0 Å². The zero-order valence-electron chi connectivity index (χ0n) is 14.7. The summed E-state index contributed by atoms with van der Waals surface area (Å²) in [5, 5.41) is 2.97. The Kier molecular flexibility index (Phi) is 6.22. The number of hydrogen-bond donors (Lipinski definition) is 1. The van der Waals surface area contributed by atoms with Gasteiger partial charge in [-0.2, -0.15) is 0 Å². The topological polar surface area (TPSA) is 41.6 Å². The van der Waals surface area contributed by atoms with Crippen molar-refractivity contribution in [1.82, 2.24) is 10.2 Å². The van der Waals surface area contributed by atoms with Gasteiger partial charge in [-0.15, -0.1) is 0 Å². The van der Waals surface area contributed by atoms with E-state index in [0.717, 1.165) is 25.3 Å². The van der Waals surface area contributed by atoms with Crippen LogP contribution >= 0.6 is 0 Å². The van der Waals surface area contributed by atoms with Crippen LogP contribution in [0.1, 0.15) is 32.8 Å². The molecule has 126 valence electrons. The zero-order chi connectivity index (χ0) is 16.8. The molecule has 0 aromatic heterocycles. The molecule has 1 heterocycles. The Morgan fingerprint density at radius 2 is 2.09 bits per heavy atom. The van der Waals surface area contributed by atoms with E-state index in [1.54, 1.807) is 0 Å². The third-order valence-electron chi connectivity index (χ3n) is 4.53. The summed E-state index contributed by atoms with van der Waals surface area (Å²) < 4.78 is 5.66. The molecule has 1 aliphatic heterocycles. The standard InChI is InChI=1S/C19H28N2O2/c1-14-6-5-7-18(12-14)23-11-9-20-19(22)17(4)21-10-8-15(2)16(3)13-21/h5-7,12,17H,8-11,13H2,1-4H3,(H,20,22). The van der Waals surface area contributed by atoms with Gasteiger partial charge in [-0.1, -0.05) is 23.3 Å². The Labute approximate surface area is 139 Å². The highest BCUT2D eigenvalue weighted by atomic mass is 16.5. The van der Waals surface area contributed by atoms with E-state index in [4.69, 9.17) is 4.74 Å². The van der Waals surface area contributed by atoms with E-state index in [2.05, 4.69) is 24.1 Å². The van der Waals surface area contributed by atoms with E-state index >= 15 is 0 Å². The first-order valence-corrected chi connectivity index (χ1v) is 8.34. The van der Waals surface area contributed by atoms with Gasteiger partial charge in [-0.05, 0) is 51.8 Å². The molecule has 0 aliphatic carbocycles. The summed E-state index contributed by atoms with van der Waals surface area (Å²) in [5.74, 6) is 0.921. The number of hydrogen-bond acceptors (Lipinski definition) is 3. The fraction of sp³-hybridized carbons (Fsp3) is 0.526. The lowest BCUT2D eigenvalue weighted by atomic mass is 10.0. The number of ether oxygens (including phenoxy) is 1. The molecule has 4 heteroatoms. The van der Waals surface area contributed by atoms with Crippen LogP contribution in [0.5, 0.6) is 5.75 Å². The van der Waals surface area contributed by atoms with Crippen molar-refractivity contribution < 1.29 is 9.53 Å². The number of carbonyl (C=O) groups excluding carboxylic acids is 1. The molecule has 4 nitrogen and oxygen atoms in total. The van der Waals surface area contributed by atoms with Crippen LogP contribution < -0.4 is 10.1 Å². The molecule has 1 amide bonds. The van der Waals surface area contributed by atoms with Crippen LogP contribution in [0.25, 0.3) is 0 Å². The summed E-state index contributed by atoms with van der Waals surface area (Å²) in [6, 6.07) is 7.84. The molecular weight excluding hydrogens is 288 g/mol. The number of carbonyl (C=O) groups is 1. The Morgan fingerprint density at radius 1 is 1.30 bits per heavy atom. The number of amides is 1. The van der Waals surface area contributed by atoms with Gasteiger partial charge in [-0.25, -0.2) is 0 Å². The maximum atomic E-state index is 12.3. The van der Waals surface area contributed by atoms with E-state index in [-0.39, 0.29) is 11.9 Å². The van der Waals surface area contributed by atoms with Crippen LogP contribution in [0.15, 0.2) is 35.4 Å². The second kappa shape index (κ2) is 8.16. The van der Waals surface area contributed by atoms with Crippen molar-refractivity contribution >= 4 is 5.91 Å². The molecule has 1 N–H and O–H groups in total. The summed E-state index contributed by atoms with van der Waals surface area (Å²) >= 11 is 0. The van der Waals surface area contributed by atoms with Gasteiger partial charge < -0.3 is 10.1 Å². The van der Waals surface area contributed by atoms with Gasteiger partial charge in [0, 0.05) is 13.1 Å². The van der Waals surface area contributed by atoms with E-state index < -0.39 is 0 Å². The smallest absolute Gasteiger partial charge is 0.237 e. The quantitative estimate of drug-likeness (QED) is 0.648. The summed E-state index contributed by atoms with van der Waals surface area (Å²) in [6.45, 7) is 11.2. The largest absolute Gasteiger partial charge is 0.492 e. The van der Waals surface area contributed by atoms with Crippen molar-refractivity contribution in [2.45, 2.75) is 40.2 Å². The van der Waals surface area contributed by atoms with Crippen molar-refractivity contribution in [2.24, 2.45) is 0 Å². The van der Waals surface area contributed by atoms with Crippen LogP contribution in [0.4, 0.5) is 0 Å². The van der Waals surface area contributed by atoms with E-state index in [1.807, 2.05) is 38.1 Å². The minimum absolute atomic E-state index is 0.0743. The van der Waals surface area contributed by atoms with Crippen molar-refractivity contribution in [2.75, 3.05) is 26.2 Å². The monoisotopic (exact) mass is 316 g/mol. The molecule has 1 unspecified atom stereocenters. The molecule has 1 atom stereocenters. The highest BCUT2D eigenvalue weighted by Crippen LogP contribution is 2.18. The second-order valence-corrected chi connectivity index (χ2v) is 6.41. The first-order valence-electron chi connectivity index (χ1n) is 8.34. The highest BCUT2D eigenvalue weighted by molar-refractivity contribution is 5.81. The lowest BCUT2D eigenvalue weighted by molar-refractivity contribution is -0.125.